The van der Waals surface area contributed by atoms with Crippen LogP contribution in [0.4, 0.5) is 0 Å². The van der Waals surface area contributed by atoms with Gasteiger partial charge in [-0.05, 0) is 45.0 Å². The predicted octanol–water partition coefficient (Wildman–Crippen LogP) is 5.65. The fraction of sp³-hybridized carbons (Fsp3) is 0. The third-order valence-corrected chi connectivity index (χ3v) is 5.43. The monoisotopic (exact) mass is 338 g/mol. The van der Waals surface area contributed by atoms with E-state index in [-0.39, 0.29) is 0 Å². The molecule has 0 radical (unpaired) electrons. The van der Waals surface area contributed by atoms with Gasteiger partial charge in [-0.2, -0.15) is 0 Å². The summed E-state index contributed by atoms with van der Waals surface area (Å²) in [6, 6.07) is 38.9. The van der Waals surface area contributed by atoms with Crippen LogP contribution in [0.25, 0.3) is 22.3 Å². The van der Waals surface area contributed by atoms with Crippen LogP contribution in [0.1, 0.15) is 0 Å². The Labute approximate surface area is 151 Å². The molecule has 0 bridgehead atoms. The van der Waals surface area contributed by atoms with Crippen molar-refractivity contribution in [3.63, 3.8) is 0 Å². The van der Waals surface area contributed by atoms with E-state index in [0.717, 1.165) is 0 Å². The molecule has 0 aromatic heterocycles. The zero-order chi connectivity index (χ0) is 16.9. The van der Waals surface area contributed by atoms with Crippen LogP contribution in [0.15, 0.2) is 109 Å². The van der Waals surface area contributed by atoms with Gasteiger partial charge in [0.1, 0.15) is 0 Å². The molecular weight excluding hydrogens is 319 g/mol. The molecule has 4 rings (SSSR count). The molecule has 0 fully saturated rings. The van der Waals surface area contributed by atoms with E-state index in [1.807, 2.05) is 0 Å². The zero-order valence-electron chi connectivity index (χ0n) is 13.9. The van der Waals surface area contributed by atoms with Crippen LogP contribution in [0.2, 0.25) is 0 Å². The van der Waals surface area contributed by atoms with Gasteiger partial charge in [-0.15, -0.1) is 0 Å². The van der Waals surface area contributed by atoms with E-state index in [1.54, 1.807) is 0 Å². The largest absolute Gasteiger partial charge is 0.0622 e. The van der Waals surface area contributed by atoms with E-state index in [1.165, 1.54) is 32.9 Å². The van der Waals surface area contributed by atoms with Crippen molar-refractivity contribution in [2.45, 2.75) is 0 Å². The second-order valence-corrected chi connectivity index (χ2v) is 7.42. The minimum atomic E-state index is 0.659. The average Bonchev–Trinajstić information content (AvgIpc) is 2.70. The Morgan fingerprint density at radius 2 is 0.760 bits per heavy atom. The van der Waals surface area contributed by atoms with Crippen LogP contribution in [0.5, 0.6) is 0 Å². The number of hydrogen-bond donors (Lipinski definition) is 0. The lowest BCUT2D eigenvalue weighted by Gasteiger charge is -2.08. The maximum atomic E-state index is 2.31. The topological polar surface area (TPSA) is 0 Å². The van der Waals surface area contributed by atoms with Crippen molar-refractivity contribution >= 4 is 19.2 Å². The van der Waals surface area contributed by atoms with Gasteiger partial charge in [-0.1, -0.05) is 106 Å². The molecule has 4 aromatic rings. The van der Waals surface area contributed by atoms with Crippen LogP contribution in [-0.2, 0) is 0 Å². The molecular formula is C24H19P. The third kappa shape index (κ3) is 3.87. The van der Waals surface area contributed by atoms with Crippen molar-refractivity contribution in [1.29, 1.82) is 0 Å². The number of benzene rings is 4. The summed E-state index contributed by atoms with van der Waals surface area (Å²) in [4.78, 5) is 0. The summed E-state index contributed by atoms with van der Waals surface area (Å²) in [6.45, 7) is 0. The van der Waals surface area contributed by atoms with Crippen molar-refractivity contribution in [2.24, 2.45) is 0 Å². The summed E-state index contributed by atoms with van der Waals surface area (Å²) in [5.74, 6) is 0. The number of hydrogen-bond acceptors (Lipinski definition) is 0. The van der Waals surface area contributed by atoms with E-state index < -0.39 is 0 Å². The van der Waals surface area contributed by atoms with E-state index in [4.69, 9.17) is 0 Å². The maximum absolute atomic E-state index is 2.31. The fourth-order valence-electron chi connectivity index (χ4n) is 2.98. The molecule has 0 saturated carbocycles. The van der Waals surface area contributed by atoms with Gasteiger partial charge >= 0.3 is 0 Å². The second kappa shape index (κ2) is 7.47. The molecule has 0 aliphatic carbocycles. The molecule has 0 aliphatic rings. The summed E-state index contributed by atoms with van der Waals surface area (Å²) in [5.41, 5.74) is 5.11. The first-order chi connectivity index (χ1) is 12.4. The van der Waals surface area contributed by atoms with Crippen molar-refractivity contribution in [1.82, 2.24) is 0 Å². The average molecular weight is 338 g/mol. The van der Waals surface area contributed by atoms with Crippen LogP contribution in [0.3, 0.4) is 0 Å². The van der Waals surface area contributed by atoms with Gasteiger partial charge < -0.3 is 0 Å². The molecule has 0 saturated heterocycles. The van der Waals surface area contributed by atoms with Gasteiger partial charge in [0, 0.05) is 0 Å². The highest BCUT2D eigenvalue weighted by Crippen LogP contribution is 2.23. The van der Waals surface area contributed by atoms with Crippen molar-refractivity contribution in [2.75, 3.05) is 0 Å². The van der Waals surface area contributed by atoms with Gasteiger partial charge in [-0.3, -0.25) is 0 Å². The lowest BCUT2D eigenvalue weighted by molar-refractivity contribution is 1.63. The van der Waals surface area contributed by atoms with Crippen LogP contribution in [-0.4, -0.2) is 0 Å². The van der Waals surface area contributed by atoms with Crippen molar-refractivity contribution in [3.8, 4) is 22.3 Å². The summed E-state index contributed by atoms with van der Waals surface area (Å²) >= 11 is 0. The molecule has 0 unspecified atom stereocenters. The Bertz CT molecular complexity index is 878. The predicted molar refractivity (Wildman–Crippen MR) is 111 cm³/mol. The molecule has 0 atom stereocenters. The minimum absolute atomic E-state index is 0.659. The first kappa shape index (κ1) is 15.8. The fourth-order valence-corrected chi connectivity index (χ4v) is 4.13. The van der Waals surface area contributed by atoms with Gasteiger partial charge in [0.15, 0.2) is 0 Å². The standard InChI is InChI=1S/C24H19P/c1-3-9-19(10-4-1)21-13-7-15-23(17-21)25-24-16-8-14-22(18-24)20-11-5-2-6-12-20/h1-18,25H. The smallest absolute Gasteiger partial charge is 0.0178 e. The molecule has 0 spiro atoms. The maximum Gasteiger partial charge on any atom is -0.0178 e. The summed E-state index contributed by atoms with van der Waals surface area (Å²) in [6.07, 6.45) is 0. The van der Waals surface area contributed by atoms with E-state index in [2.05, 4.69) is 109 Å². The Kier molecular flexibility index (Phi) is 4.72. The molecule has 120 valence electrons. The molecule has 0 amide bonds. The molecule has 4 aromatic carbocycles. The molecule has 0 N–H and O–H groups in total. The Balaban J connectivity index is 1.61. The second-order valence-electron chi connectivity index (χ2n) is 6.02. The highest BCUT2D eigenvalue weighted by Gasteiger charge is 2.02. The normalized spacial score (nSPS) is 10.6. The SMILES string of the molecule is c1ccc(-c2cccc(Pc3cccc(-c4ccccc4)c3)c2)cc1. The summed E-state index contributed by atoms with van der Waals surface area (Å²) in [7, 11) is 0.659. The summed E-state index contributed by atoms with van der Waals surface area (Å²) in [5, 5.41) is 2.73. The first-order valence-corrected chi connectivity index (χ1v) is 9.46. The van der Waals surface area contributed by atoms with E-state index in [0.29, 0.717) is 8.58 Å². The van der Waals surface area contributed by atoms with E-state index in [9.17, 15) is 0 Å². The Morgan fingerprint density at radius 3 is 1.20 bits per heavy atom. The minimum Gasteiger partial charge on any atom is -0.0622 e. The van der Waals surface area contributed by atoms with Crippen LogP contribution < -0.4 is 10.6 Å². The molecule has 0 heterocycles. The molecule has 1 heteroatoms. The van der Waals surface area contributed by atoms with Crippen LogP contribution >= 0.6 is 8.58 Å². The first-order valence-electron chi connectivity index (χ1n) is 8.46. The molecule has 25 heavy (non-hydrogen) atoms. The Hall–Kier alpha value is -2.69. The summed E-state index contributed by atoms with van der Waals surface area (Å²) < 4.78 is 0. The van der Waals surface area contributed by atoms with E-state index >= 15 is 0 Å². The molecule has 0 nitrogen and oxygen atoms in total. The number of rotatable bonds is 4. The van der Waals surface area contributed by atoms with Gasteiger partial charge in [0.25, 0.3) is 0 Å². The van der Waals surface area contributed by atoms with Gasteiger partial charge in [0.2, 0.25) is 0 Å². The lowest BCUT2D eigenvalue weighted by Crippen LogP contribution is -2.03. The van der Waals surface area contributed by atoms with Crippen molar-refractivity contribution in [3.05, 3.63) is 109 Å². The highest BCUT2D eigenvalue weighted by molar-refractivity contribution is 7.55. The quantitative estimate of drug-likeness (QED) is 0.422. The van der Waals surface area contributed by atoms with Gasteiger partial charge in [-0.25, -0.2) is 0 Å². The van der Waals surface area contributed by atoms with Crippen LogP contribution in [0, 0.1) is 0 Å². The zero-order valence-corrected chi connectivity index (χ0v) is 14.9. The van der Waals surface area contributed by atoms with Crippen molar-refractivity contribution < 1.29 is 0 Å². The highest BCUT2D eigenvalue weighted by atomic mass is 31.1. The lowest BCUT2D eigenvalue weighted by atomic mass is 10.1. The Morgan fingerprint density at radius 1 is 0.360 bits per heavy atom. The third-order valence-electron chi connectivity index (χ3n) is 4.23. The van der Waals surface area contributed by atoms with Gasteiger partial charge in [0.05, 0.1) is 0 Å². The molecule has 0 aliphatic heterocycles.